The van der Waals surface area contributed by atoms with Crippen molar-refractivity contribution in [1.29, 1.82) is 5.26 Å². The van der Waals surface area contributed by atoms with E-state index in [9.17, 15) is 14.4 Å². The molecule has 0 saturated carbocycles. The molecule has 1 heterocycles. The fraction of sp³-hybridized carbons (Fsp3) is 0.125. The number of hydrogen-bond donors (Lipinski definition) is 1. The molecule has 1 amide bonds. The molecule has 2 aromatic carbocycles. The van der Waals surface area contributed by atoms with E-state index in [2.05, 4.69) is 22.9 Å². The van der Waals surface area contributed by atoms with Crippen LogP contribution in [0.3, 0.4) is 0 Å². The summed E-state index contributed by atoms with van der Waals surface area (Å²) in [5, 5.41) is 13.3. The lowest BCUT2D eigenvalue weighted by Crippen LogP contribution is -2.18. The molecule has 6 heteroatoms. The van der Waals surface area contributed by atoms with Crippen molar-refractivity contribution < 1.29 is 9.18 Å². The fourth-order valence-electron chi connectivity index (χ4n) is 3.13. The second-order valence-corrected chi connectivity index (χ2v) is 7.63. The Kier molecular flexibility index (Phi) is 6.65. The molecular formula is C24H20FN3OS. The van der Waals surface area contributed by atoms with Gasteiger partial charge in [-0.2, -0.15) is 5.26 Å². The standard InChI is InChI=1S/C24H20FN3OS/c1-4-12-30-24-19(14-26)22(17-9-7-10-18(25)13-17)21(16(3)27-24)23(29)28-20-11-6-5-8-15(20)2/h4-11,13H,1,12H2,2-3H3,(H,28,29). The first-order valence-corrected chi connectivity index (χ1v) is 10.3. The summed E-state index contributed by atoms with van der Waals surface area (Å²) in [5.74, 6) is -0.292. The van der Waals surface area contributed by atoms with Crippen LogP contribution in [0.1, 0.15) is 27.2 Å². The molecule has 30 heavy (non-hydrogen) atoms. The van der Waals surface area contributed by atoms with E-state index in [1.165, 1.54) is 23.9 Å². The molecule has 0 fully saturated rings. The number of nitriles is 1. The third-order valence-electron chi connectivity index (χ3n) is 4.53. The molecule has 0 saturated heterocycles. The van der Waals surface area contributed by atoms with Crippen molar-refractivity contribution in [1.82, 2.24) is 4.98 Å². The summed E-state index contributed by atoms with van der Waals surface area (Å²) in [6.07, 6.45) is 1.71. The lowest BCUT2D eigenvalue weighted by Gasteiger charge is -2.17. The number of rotatable bonds is 6. The van der Waals surface area contributed by atoms with Gasteiger partial charge >= 0.3 is 0 Å². The summed E-state index contributed by atoms with van der Waals surface area (Å²) >= 11 is 1.35. The lowest BCUT2D eigenvalue weighted by molar-refractivity contribution is 0.102. The monoisotopic (exact) mass is 417 g/mol. The number of pyridine rings is 1. The van der Waals surface area contributed by atoms with Gasteiger partial charge in [0.15, 0.2) is 0 Å². The Hall–Kier alpha value is -3.43. The Morgan fingerprint density at radius 1 is 1.27 bits per heavy atom. The topological polar surface area (TPSA) is 65.8 Å². The second-order valence-electron chi connectivity index (χ2n) is 6.62. The number of thioether (sulfide) groups is 1. The maximum absolute atomic E-state index is 14.0. The van der Waals surface area contributed by atoms with Crippen LogP contribution in [0.5, 0.6) is 0 Å². The third kappa shape index (κ3) is 4.42. The molecule has 1 aromatic heterocycles. The lowest BCUT2D eigenvalue weighted by atomic mass is 9.94. The summed E-state index contributed by atoms with van der Waals surface area (Å²) in [6.45, 7) is 7.31. The van der Waals surface area contributed by atoms with Crippen molar-refractivity contribution in [3.8, 4) is 17.2 Å². The highest BCUT2D eigenvalue weighted by molar-refractivity contribution is 7.99. The minimum atomic E-state index is -0.448. The van der Waals surface area contributed by atoms with Gasteiger partial charge in [-0.25, -0.2) is 9.37 Å². The van der Waals surface area contributed by atoms with Crippen molar-refractivity contribution in [2.75, 3.05) is 11.1 Å². The zero-order valence-corrected chi connectivity index (χ0v) is 17.5. The van der Waals surface area contributed by atoms with Crippen LogP contribution in [0.15, 0.2) is 66.2 Å². The third-order valence-corrected chi connectivity index (χ3v) is 5.50. The number of hydrogen-bond acceptors (Lipinski definition) is 4. The van der Waals surface area contributed by atoms with Crippen LogP contribution in [0.2, 0.25) is 0 Å². The Labute approximate surface area is 179 Å². The average Bonchev–Trinajstić information content (AvgIpc) is 2.73. The molecule has 150 valence electrons. The highest BCUT2D eigenvalue weighted by atomic mass is 32.2. The van der Waals surface area contributed by atoms with Gasteiger partial charge in [0.1, 0.15) is 16.9 Å². The smallest absolute Gasteiger partial charge is 0.258 e. The van der Waals surface area contributed by atoms with E-state index in [0.29, 0.717) is 33.3 Å². The first kappa shape index (κ1) is 21.3. The van der Waals surface area contributed by atoms with Crippen LogP contribution in [0.25, 0.3) is 11.1 Å². The van der Waals surface area contributed by atoms with E-state index in [4.69, 9.17) is 0 Å². The van der Waals surface area contributed by atoms with Gasteiger partial charge in [-0.15, -0.1) is 18.3 Å². The van der Waals surface area contributed by atoms with Gasteiger partial charge in [-0.1, -0.05) is 36.4 Å². The molecule has 0 bridgehead atoms. The number of aryl methyl sites for hydroxylation is 2. The van der Waals surface area contributed by atoms with Crippen molar-refractivity contribution in [3.63, 3.8) is 0 Å². The van der Waals surface area contributed by atoms with Gasteiger partial charge in [0, 0.05) is 17.0 Å². The number of amides is 1. The predicted molar refractivity (Wildman–Crippen MR) is 119 cm³/mol. The van der Waals surface area contributed by atoms with Gasteiger partial charge in [-0.3, -0.25) is 4.79 Å². The Bertz CT molecular complexity index is 1170. The largest absolute Gasteiger partial charge is 0.322 e. The summed E-state index contributed by atoms with van der Waals surface area (Å²) in [7, 11) is 0. The molecule has 3 rings (SSSR count). The quantitative estimate of drug-likeness (QED) is 0.400. The number of nitrogens with one attached hydrogen (secondary N) is 1. The summed E-state index contributed by atoms with van der Waals surface area (Å²) in [5.41, 5.74) is 3.36. The minimum Gasteiger partial charge on any atom is -0.322 e. The SMILES string of the molecule is C=CCSc1nc(C)c(C(=O)Nc2ccccc2C)c(-c2cccc(F)c2)c1C#N. The van der Waals surface area contributed by atoms with Crippen molar-refractivity contribution >= 4 is 23.4 Å². The minimum absolute atomic E-state index is 0.244. The molecule has 0 atom stereocenters. The number of nitrogens with zero attached hydrogens (tertiary/aromatic N) is 2. The number of carbonyl (C=O) groups is 1. The molecule has 0 aliphatic heterocycles. The zero-order valence-electron chi connectivity index (χ0n) is 16.7. The van der Waals surface area contributed by atoms with Crippen LogP contribution < -0.4 is 5.32 Å². The van der Waals surface area contributed by atoms with Crippen LogP contribution in [-0.2, 0) is 0 Å². The average molecular weight is 418 g/mol. The van der Waals surface area contributed by atoms with Crippen LogP contribution >= 0.6 is 11.8 Å². The number of aromatic nitrogens is 1. The van der Waals surface area contributed by atoms with Crippen LogP contribution in [0, 0.1) is 31.0 Å². The Morgan fingerprint density at radius 3 is 2.70 bits per heavy atom. The molecule has 1 N–H and O–H groups in total. The van der Waals surface area contributed by atoms with E-state index < -0.39 is 11.7 Å². The van der Waals surface area contributed by atoms with E-state index >= 15 is 0 Å². The number of benzene rings is 2. The van der Waals surface area contributed by atoms with Crippen LogP contribution in [-0.4, -0.2) is 16.6 Å². The maximum atomic E-state index is 14.0. The zero-order chi connectivity index (χ0) is 21.7. The van der Waals surface area contributed by atoms with E-state index in [0.717, 1.165) is 5.56 Å². The van der Waals surface area contributed by atoms with Gasteiger partial charge in [0.2, 0.25) is 0 Å². The van der Waals surface area contributed by atoms with Gasteiger partial charge in [0.25, 0.3) is 5.91 Å². The second kappa shape index (κ2) is 9.38. The maximum Gasteiger partial charge on any atom is 0.258 e. The highest BCUT2D eigenvalue weighted by Gasteiger charge is 2.24. The molecule has 0 spiro atoms. The summed E-state index contributed by atoms with van der Waals surface area (Å²) in [4.78, 5) is 17.8. The highest BCUT2D eigenvalue weighted by Crippen LogP contribution is 2.35. The number of para-hydroxylation sites is 1. The van der Waals surface area contributed by atoms with E-state index in [-0.39, 0.29) is 11.1 Å². The number of carbonyl (C=O) groups excluding carboxylic acids is 1. The van der Waals surface area contributed by atoms with Gasteiger partial charge in [0.05, 0.1) is 16.8 Å². The Balaban J connectivity index is 2.23. The first-order chi connectivity index (χ1) is 14.5. The summed E-state index contributed by atoms with van der Waals surface area (Å²) in [6, 6.07) is 15.5. The number of halogens is 1. The van der Waals surface area contributed by atoms with Crippen molar-refractivity contribution in [2.24, 2.45) is 0 Å². The fourth-order valence-corrected chi connectivity index (χ4v) is 3.90. The molecule has 0 aliphatic rings. The first-order valence-electron chi connectivity index (χ1n) is 9.27. The normalized spacial score (nSPS) is 10.3. The van der Waals surface area contributed by atoms with Gasteiger partial charge < -0.3 is 5.32 Å². The summed E-state index contributed by atoms with van der Waals surface area (Å²) < 4.78 is 14.0. The Morgan fingerprint density at radius 2 is 2.03 bits per heavy atom. The van der Waals surface area contributed by atoms with E-state index in [1.807, 2.05) is 25.1 Å². The predicted octanol–water partition coefficient (Wildman–Crippen LogP) is 5.91. The molecule has 0 aliphatic carbocycles. The molecule has 0 radical (unpaired) electrons. The van der Waals surface area contributed by atoms with Crippen LogP contribution in [0.4, 0.5) is 10.1 Å². The van der Waals surface area contributed by atoms with Crippen molar-refractivity contribution in [2.45, 2.75) is 18.9 Å². The van der Waals surface area contributed by atoms with E-state index in [1.54, 1.807) is 31.2 Å². The molecular weight excluding hydrogens is 397 g/mol. The molecule has 4 nitrogen and oxygen atoms in total. The molecule has 0 unspecified atom stereocenters. The number of anilines is 1. The van der Waals surface area contributed by atoms with Crippen molar-refractivity contribution in [3.05, 3.63) is 89.4 Å². The van der Waals surface area contributed by atoms with Gasteiger partial charge in [-0.05, 0) is 43.2 Å². The molecule has 3 aromatic rings.